The lowest BCUT2D eigenvalue weighted by molar-refractivity contribution is 0.000178. The maximum atomic E-state index is 13.0. The molecule has 0 unspecified atom stereocenters. The van der Waals surface area contributed by atoms with E-state index in [4.69, 9.17) is 9.47 Å². The summed E-state index contributed by atoms with van der Waals surface area (Å²) in [6.45, 7) is 3.39. The van der Waals surface area contributed by atoms with E-state index < -0.39 is 10.0 Å². The molecule has 144 valence electrons. The van der Waals surface area contributed by atoms with Crippen molar-refractivity contribution in [3.63, 3.8) is 0 Å². The summed E-state index contributed by atoms with van der Waals surface area (Å²) in [6, 6.07) is 0.234. The van der Waals surface area contributed by atoms with Crippen molar-refractivity contribution in [1.29, 1.82) is 0 Å². The van der Waals surface area contributed by atoms with Crippen LogP contribution in [0.4, 0.5) is 0 Å². The Kier molecular flexibility index (Phi) is 5.43. The van der Waals surface area contributed by atoms with E-state index in [1.807, 2.05) is 4.31 Å². The number of rotatable bonds is 6. The van der Waals surface area contributed by atoms with Gasteiger partial charge in [-0.1, -0.05) is 19.3 Å². The molecule has 6 heteroatoms. The molecule has 2 atom stereocenters. The van der Waals surface area contributed by atoms with Crippen molar-refractivity contribution in [2.24, 2.45) is 17.3 Å². The molecule has 0 aromatic carbocycles. The van der Waals surface area contributed by atoms with E-state index in [0.29, 0.717) is 18.4 Å². The molecular formula is C19H33NO4S. The van der Waals surface area contributed by atoms with Crippen molar-refractivity contribution in [3.8, 4) is 0 Å². The van der Waals surface area contributed by atoms with Crippen molar-refractivity contribution in [2.45, 2.75) is 63.8 Å². The molecule has 5 nitrogen and oxygen atoms in total. The fraction of sp³-hybridized carbons (Fsp3) is 1.00. The van der Waals surface area contributed by atoms with E-state index >= 15 is 0 Å². The second-order valence-electron chi connectivity index (χ2n) is 8.67. The van der Waals surface area contributed by atoms with E-state index in [1.54, 1.807) is 0 Å². The molecule has 2 aliphatic heterocycles. The van der Waals surface area contributed by atoms with Crippen LogP contribution in [0.5, 0.6) is 0 Å². The van der Waals surface area contributed by atoms with Gasteiger partial charge in [0, 0.05) is 32.4 Å². The SMILES string of the molecule is O=S(=O)(CCOCC1CCCC1)N1CC2(CCOCC2)[C@@H]2CCC[C@@H]21. The minimum absolute atomic E-state index is 0.148. The van der Waals surface area contributed by atoms with Crippen molar-refractivity contribution in [2.75, 3.05) is 38.7 Å². The zero-order valence-corrected chi connectivity index (χ0v) is 16.1. The van der Waals surface area contributed by atoms with Gasteiger partial charge in [0.25, 0.3) is 0 Å². The van der Waals surface area contributed by atoms with Gasteiger partial charge >= 0.3 is 0 Å². The zero-order chi connectivity index (χ0) is 17.3. The summed E-state index contributed by atoms with van der Waals surface area (Å²) in [5.41, 5.74) is 0.178. The summed E-state index contributed by atoms with van der Waals surface area (Å²) in [6.07, 6.45) is 10.5. The topological polar surface area (TPSA) is 55.8 Å². The van der Waals surface area contributed by atoms with Crippen LogP contribution in [0.1, 0.15) is 57.8 Å². The fourth-order valence-electron chi connectivity index (χ4n) is 5.86. The lowest BCUT2D eigenvalue weighted by Crippen LogP contribution is -2.40. The molecule has 4 aliphatic rings. The molecule has 2 aliphatic carbocycles. The highest BCUT2D eigenvalue weighted by Gasteiger charge is 2.57. The number of sulfonamides is 1. The van der Waals surface area contributed by atoms with Gasteiger partial charge in [-0.3, -0.25) is 0 Å². The molecule has 4 rings (SSSR count). The Bertz CT molecular complexity index is 552. The van der Waals surface area contributed by atoms with Gasteiger partial charge in [0.15, 0.2) is 0 Å². The number of hydrogen-bond donors (Lipinski definition) is 0. The summed E-state index contributed by atoms with van der Waals surface area (Å²) in [7, 11) is -3.22. The lowest BCUT2D eigenvalue weighted by Gasteiger charge is -2.37. The van der Waals surface area contributed by atoms with Crippen molar-refractivity contribution < 1.29 is 17.9 Å². The van der Waals surface area contributed by atoms with Crippen LogP contribution in [-0.4, -0.2) is 57.5 Å². The van der Waals surface area contributed by atoms with Gasteiger partial charge in [0.1, 0.15) is 0 Å². The minimum Gasteiger partial charge on any atom is -0.381 e. The standard InChI is InChI=1S/C19H33NO4S/c21-25(22,13-12-24-14-16-4-1-2-5-16)20-15-19(8-10-23-11-9-19)17-6-3-7-18(17)20/h16-18H,1-15H2/t17-,18+/m1/s1. The average Bonchev–Trinajstić information content (AvgIpc) is 3.32. The van der Waals surface area contributed by atoms with E-state index in [1.165, 1.54) is 38.5 Å². The fourth-order valence-corrected chi connectivity index (χ4v) is 7.55. The Hall–Kier alpha value is -0.170. The molecule has 0 aromatic rings. The third-order valence-electron chi connectivity index (χ3n) is 7.27. The van der Waals surface area contributed by atoms with Crippen LogP contribution in [0.2, 0.25) is 0 Å². The predicted octanol–water partition coefficient (Wildman–Crippen LogP) is 2.80. The molecule has 2 saturated heterocycles. The highest BCUT2D eigenvalue weighted by Crippen LogP contribution is 2.54. The van der Waals surface area contributed by atoms with Gasteiger partial charge in [-0.2, -0.15) is 4.31 Å². The number of nitrogens with zero attached hydrogens (tertiary/aromatic N) is 1. The first-order valence-electron chi connectivity index (χ1n) is 10.3. The molecule has 4 fully saturated rings. The summed E-state index contributed by atoms with van der Waals surface area (Å²) in [5.74, 6) is 1.35. The quantitative estimate of drug-likeness (QED) is 0.674. The first kappa shape index (κ1) is 18.2. The van der Waals surface area contributed by atoms with Crippen LogP contribution in [0.15, 0.2) is 0 Å². The molecule has 0 bridgehead atoms. The first-order valence-corrected chi connectivity index (χ1v) is 11.9. The summed E-state index contributed by atoms with van der Waals surface area (Å²) >= 11 is 0. The Labute approximate surface area is 152 Å². The van der Waals surface area contributed by atoms with Gasteiger partial charge in [-0.15, -0.1) is 0 Å². The molecule has 2 saturated carbocycles. The number of fused-ring (bicyclic) bond motifs is 2. The third kappa shape index (κ3) is 3.64. The van der Waals surface area contributed by atoms with Crippen molar-refractivity contribution in [1.82, 2.24) is 4.31 Å². The summed E-state index contributed by atoms with van der Waals surface area (Å²) in [5, 5.41) is 0. The van der Waals surface area contributed by atoms with Gasteiger partial charge in [-0.05, 0) is 55.8 Å². The van der Waals surface area contributed by atoms with Crippen molar-refractivity contribution in [3.05, 3.63) is 0 Å². The van der Waals surface area contributed by atoms with Crippen LogP contribution >= 0.6 is 0 Å². The molecule has 0 N–H and O–H groups in total. The second-order valence-corrected chi connectivity index (χ2v) is 10.7. The van der Waals surface area contributed by atoms with Crippen LogP contribution in [0.3, 0.4) is 0 Å². The first-order chi connectivity index (χ1) is 12.1. The maximum Gasteiger partial charge on any atom is 0.216 e. The van der Waals surface area contributed by atoms with Gasteiger partial charge in [0.05, 0.1) is 12.4 Å². The highest BCUT2D eigenvalue weighted by atomic mass is 32.2. The molecule has 0 radical (unpaired) electrons. The molecule has 25 heavy (non-hydrogen) atoms. The summed E-state index contributed by atoms with van der Waals surface area (Å²) < 4.78 is 39.2. The monoisotopic (exact) mass is 371 g/mol. The van der Waals surface area contributed by atoms with Crippen LogP contribution in [-0.2, 0) is 19.5 Å². The van der Waals surface area contributed by atoms with Gasteiger partial charge in [0.2, 0.25) is 10.0 Å². The smallest absolute Gasteiger partial charge is 0.216 e. The Morgan fingerprint density at radius 2 is 1.80 bits per heavy atom. The molecular weight excluding hydrogens is 338 g/mol. The maximum absolute atomic E-state index is 13.0. The molecule has 0 amide bonds. The molecule has 2 heterocycles. The van der Waals surface area contributed by atoms with E-state index in [9.17, 15) is 8.42 Å². The second kappa shape index (κ2) is 7.45. The normalized spacial score (nSPS) is 33.3. The Morgan fingerprint density at radius 3 is 2.56 bits per heavy atom. The molecule has 1 spiro atoms. The summed E-state index contributed by atoms with van der Waals surface area (Å²) in [4.78, 5) is 0. The van der Waals surface area contributed by atoms with Crippen molar-refractivity contribution >= 4 is 10.0 Å². The van der Waals surface area contributed by atoms with Crippen LogP contribution in [0.25, 0.3) is 0 Å². The van der Waals surface area contributed by atoms with Gasteiger partial charge < -0.3 is 9.47 Å². The van der Waals surface area contributed by atoms with E-state index in [2.05, 4.69) is 0 Å². The molecule has 0 aromatic heterocycles. The predicted molar refractivity (Wildman–Crippen MR) is 96.9 cm³/mol. The Balaban J connectivity index is 1.36. The number of ether oxygens (including phenoxy) is 2. The zero-order valence-electron chi connectivity index (χ0n) is 15.3. The van der Waals surface area contributed by atoms with Crippen LogP contribution in [0, 0.1) is 17.3 Å². The Morgan fingerprint density at radius 1 is 1.04 bits per heavy atom. The number of hydrogen-bond acceptors (Lipinski definition) is 4. The van der Waals surface area contributed by atoms with E-state index in [-0.39, 0.29) is 17.2 Å². The largest absolute Gasteiger partial charge is 0.381 e. The minimum atomic E-state index is -3.22. The highest BCUT2D eigenvalue weighted by molar-refractivity contribution is 7.89. The lowest BCUT2D eigenvalue weighted by atomic mass is 9.71. The van der Waals surface area contributed by atoms with E-state index in [0.717, 1.165) is 45.6 Å². The van der Waals surface area contributed by atoms with Gasteiger partial charge in [-0.25, -0.2) is 8.42 Å². The van der Waals surface area contributed by atoms with Crippen LogP contribution < -0.4 is 0 Å². The third-order valence-corrected chi connectivity index (χ3v) is 9.06. The average molecular weight is 372 g/mol.